The van der Waals surface area contributed by atoms with Crippen molar-refractivity contribution in [3.05, 3.63) is 0 Å². The van der Waals surface area contributed by atoms with Gasteiger partial charge in [-0.3, -0.25) is 9.59 Å². The van der Waals surface area contributed by atoms with Gasteiger partial charge in [0.1, 0.15) is 11.0 Å². The van der Waals surface area contributed by atoms with Crippen LogP contribution < -0.4 is 5.32 Å². The van der Waals surface area contributed by atoms with Crippen LogP contribution in [-0.4, -0.2) is 39.5 Å². The Morgan fingerprint density at radius 1 is 1.18 bits per heavy atom. The van der Waals surface area contributed by atoms with Crippen molar-refractivity contribution in [1.29, 1.82) is 0 Å². The predicted molar refractivity (Wildman–Crippen MR) is 120 cm³/mol. The topological polar surface area (TPSA) is 69.2 Å². The SMILES string of the molecule is CC(=O)NC[C@@H](F)C(F)(F)[S+]([O-])[C@H]1CC2CC3C[C@H]4[C@H]5CCC(=O)[C@@]5(C)CC[C@@H]4[C@]2(C)C3C1. The van der Waals surface area contributed by atoms with E-state index in [1.54, 1.807) is 0 Å². The Morgan fingerprint density at radius 3 is 2.61 bits per heavy atom. The number of Topliss-reactive ketones (excluding diaryl/α,β-unsaturated/α-hetero) is 1. The molecule has 0 radical (unpaired) electrons. The van der Waals surface area contributed by atoms with E-state index in [1.165, 1.54) is 0 Å². The molecule has 0 heterocycles. The Bertz CT molecular complexity index is 842. The van der Waals surface area contributed by atoms with Crippen LogP contribution in [0.25, 0.3) is 0 Å². The molecule has 4 unspecified atom stereocenters. The molecule has 0 aromatic heterocycles. The number of rotatable bonds is 5. The first kappa shape index (κ1) is 24.0. The zero-order valence-electron chi connectivity index (χ0n) is 19.7. The molecule has 33 heavy (non-hydrogen) atoms. The highest BCUT2D eigenvalue weighted by molar-refractivity contribution is 7.93. The molecule has 186 valence electrons. The molecule has 11 atom stereocenters. The maximum Gasteiger partial charge on any atom is 0.439 e. The van der Waals surface area contributed by atoms with E-state index in [9.17, 15) is 27.3 Å². The lowest BCUT2D eigenvalue weighted by molar-refractivity contribution is -0.139. The normalized spacial score (nSPS) is 48.1. The van der Waals surface area contributed by atoms with Crippen LogP contribution in [0.4, 0.5) is 13.2 Å². The number of nitrogens with one attached hydrogen (secondary N) is 1. The van der Waals surface area contributed by atoms with Crippen molar-refractivity contribution in [2.45, 2.75) is 88.8 Å². The van der Waals surface area contributed by atoms with Crippen LogP contribution >= 0.6 is 0 Å². The van der Waals surface area contributed by atoms with Gasteiger partial charge in [0, 0.05) is 29.9 Å². The van der Waals surface area contributed by atoms with E-state index in [0.29, 0.717) is 48.7 Å². The summed E-state index contributed by atoms with van der Waals surface area (Å²) in [6, 6.07) is 0. The van der Waals surface area contributed by atoms with Crippen LogP contribution in [0.3, 0.4) is 0 Å². The summed E-state index contributed by atoms with van der Waals surface area (Å²) in [5, 5.41) is -2.60. The largest absolute Gasteiger partial charge is 0.611 e. The fourth-order valence-corrected chi connectivity index (χ4v) is 10.9. The van der Waals surface area contributed by atoms with Crippen LogP contribution in [0.5, 0.6) is 0 Å². The van der Waals surface area contributed by atoms with Crippen molar-refractivity contribution >= 4 is 22.9 Å². The van der Waals surface area contributed by atoms with E-state index in [0.717, 1.165) is 39.0 Å². The summed E-state index contributed by atoms with van der Waals surface area (Å²) in [4.78, 5) is 23.6. The minimum Gasteiger partial charge on any atom is -0.611 e. The quantitative estimate of drug-likeness (QED) is 0.575. The Balaban J connectivity index is 1.33. The van der Waals surface area contributed by atoms with E-state index in [1.807, 2.05) is 0 Å². The molecule has 8 heteroatoms. The molecule has 0 aromatic rings. The highest BCUT2D eigenvalue weighted by Gasteiger charge is 2.69. The van der Waals surface area contributed by atoms with Crippen LogP contribution in [0, 0.1) is 46.3 Å². The fourth-order valence-electron chi connectivity index (χ4n) is 9.31. The van der Waals surface area contributed by atoms with Gasteiger partial charge < -0.3 is 9.87 Å². The second-order valence-corrected chi connectivity index (χ2v) is 13.9. The molecule has 4 bridgehead atoms. The summed E-state index contributed by atoms with van der Waals surface area (Å²) < 4.78 is 56.7. The van der Waals surface area contributed by atoms with Crippen molar-refractivity contribution in [2.75, 3.05) is 6.54 Å². The molecule has 5 rings (SSSR count). The van der Waals surface area contributed by atoms with Crippen molar-refractivity contribution in [3.63, 3.8) is 0 Å². The predicted octanol–water partition coefficient (Wildman–Crippen LogP) is 4.64. The van der Waals surface area contributed by atoms with E-state index in [2.05, 4.69) is 19.2 Å². The van der Waals surface area contributed by atoms with Gasteiger partial charge in [0.25, 0.3) is 0 Å². The minimum absolute atomic E-state index is 0.0435. The van der Waals surface area contributed by atoms with E-state index >= 15 is 0 Å². The van der Waals surface area contributed by atoms with Crippen molar-refractivity contribution in [1.82, 2.24) is 5.32 Å². The van der Waals surface area contributed by atoms with Crippen LogP contribution in [0.1, 0.15) is 72.1 Å². The Kier molecular flexibility index (Phi) is 5.72. The lowest BCUT2D eigenvalue weighted by Gasteiger charge is -2.60. The maximum atomic E-state index is 14.7. The first-order chi connectivity index (χ1) is 15.4. The molecule has 5 saturated carbocycles. The summed E-state index contributed by atoms with van der Waals surface area (Å²) in [7, 11) is 0. The average Bonchev–Trinajstić information content (AvgIpc) is 3.04. The molecule has 1 N–H and O–H groups in total. The Labute approximate surface area is 197 Å². The molecule has 0 spiro atoms. The molecule has 4 nitrogen and oxygen atoms in total. The molecule has 1 amide bonds. The first-order valence-corrected chi connectivity index (χ1v) is 13.8. The zero-order valence-corrected chi connectivity index (χ0v) is 20.6. The third-order valence-corrected chi connectivity index (χ3v) is 12.7. The molecule has 0 saturated heterocycles. The lowest BCUT2D eigenvalue weighted by atomic mass is 9.45. The third-order valence-electron chi connectivity index (χ3n) is 10.9. The fraction of sp³-hybridized carbons (Fsp3) is 0.920. The average molecular weight is 488 g/mol. The molecule has 5 aliphatic rings. The van der Waals surface area contributed by atoms with Gasteiger partial charge in [0.2, 0.25) is 12.1 Å². The van der Waals surface area contributed by atoms with Gasteiger partial charge in [-0.1, -0.05) is 13.8 Å². The third kappa shape index (κ3) is 3.35. The standard InChI is InChI=1S/C25H36F3NO3S/c1-13(30)29-12-21(26)25(27,28)33(32)16-10-15-8-14-9-17-18-4-5-22(31)23(18,2)7-6-19(17)24(15,3)20(14)11-16/h14-21H,4-12H2,1-3H3,(H,29,30)/t14?,15?,16-,17-,18+,19-,20?,21+,23-,24+,33?/m0/s1. The van der Waals surface area contributed by atoms with Crippen LogP contribution in [0.15, 0.2) is 0 Å². The lowest BCUT2D eigenvalue weighted by Crippen LogP contribution is -2.57. The number of carbonyl (C=O) groups excluding carboxylic acids is 2. The van der Waals surface area contributed by atoms with Gasteiger partial charge in [0.15, 0.2) is 0 Å². The Morgan fingerprint density at radius 2 is 1.91 bits per heavy atom. The number of fused-ring (bicyclic) bond motifs is 3. The van der Waals surface area contributed by atoms with Gasteiger partial charge in [-0.15, -0.1) is 0 Å². The van der Waals surface area contributed by atoms with Gasteiger partial charge in [-0.2, -0.15) is 8.78 Å². The smallest absolute Gasteiger partial charge is 0.439 e. The number of carbonyl (C=O) groups is 2. The number of alkyl halides is 3. The van der Waals surface area contributed by atoms with E-state index in [4.69, 9.17) is 0 Å². The monoisotopic (exact) mass is 487 g/mol. The first-order valence-electron chi connectivity index (χ1n) is 12.6. The van der Waals surface area contributed by atoms with Gasteiger partial charge in [-0.25, -0.2) is 4.39 Å². The summed E-state index contributed by atoms with van der Waals surface area (Å²) in [6.45, 7) is 4.82. The van der Waals surface area contributed by atoms with Crippen molar-refractivity contribution in [2.24, 2.45) is 46.3 Å². The van der Waals surface area contributed by atoms with Crippen LogP contribution in [0.2, 0.25) is 0 Å². The van der Waals surface area contributed by atoms with E-state index in [-0.39, 0.29) is 22.7 Å². The second-order valence-electron chi connectivity index (χ2n) is 12.1. The Hall–Kier alpha value is -0.760. The molecular weight excluding hydrogens is 451 g/mol. The maximum absolute atomic E-state index is 14.7. The number of hydrogen-bond donors (Lipinski definition) is 1. The highest BCUT2D eigenvalue weighted by atomic mass is 32.2. The number of halogens is 3. The summed E-state index contributed by atoms with van der Waals surface area (Å²) >= 11 is -2.62. The van der Waals surface area contributed by atoms with E-state index < -0.39 is 40.3 Å². The molecule has 5 aliphatic carbocycles. The van der Waals surface area contributed by atoms with Gasteiger partial charge in [0.05, 0.1) is 6.54 Å². The molecule has 0 aromatic carbocycles. The summed E-state index contributed by atoms with van der Waals surface area (Å²) in [5.41, 5.74) is -0.138. The molecular formula is C25H36F3NO3S. The summed E-state index contributed by atoms with van der Waals surface area (Å²) in [6.07, 6.45) is 3.94. The minimum atomic E-state index is -3.97. The zero-order chi connectivity index (χ0) is 23.9. The van der Waals surface area contributed by atoms with Crippen molar-refractivity contribution < 1.29 is 27.3 Å². The molecule has 0 aliphatic heterocycles. The number of amides is 1. The highest BCUT2D eigenvalue weighted by Crippen LogP contribution is 2.73. The van der Waals surface area contributed by atoms with Crippen molar-refractivity contribution in [3.8, 4) is 0 Å². The second kappa shape index (κ2) is 7.87. The van der Waals surface area contributed by atoms with Crippen LogP contribution in [-0.2, 0) is 20.8 Å². The van der Waals surface area contributed by atoms with Gasteiger partial charge >= 0.3 is 5.25 Å². The number of ketones is 1. The molecule has 5 fully saturated rings. The number of hydrogen-bond acceptors (Lipinski definition) is 3. The summed E-state index contributed by atoms with van der Waals surface area (Å²) in [5.74, 6) is 2.22. The van der Waals surface area contributed by atoms with Gasteiger partial charge in [-0.05, 0) is 85.9 Å².